The van der Waals surface area contributed by atoms with E-state index in [9.17, 15) is 18.8 Å². The molecular formula is C21H27FN4O3S. The predicted octanol–water partition coefficient (Wildman–Crippen LogP) is 3.13. The molecule has 0 radical (unpaired) electrons. The number of halogens is 1. The van der Waals surface area contributed by atoms with Crippen LogP contribution in [0.2, 0.25) is 0 Å². The number of thioether (sulfide) groups is 1. The lowest BCUT2D eigenvalue weighted by molar-refractivity contribution is -0.116. The first-order valence-corrected chi connectivity index (χ1v) is 11.2. The minimum atomic E-state index is -0.641. The molecule has 1 aliphatic carbocycles. The fraction of sp³-hybridized carbons (Fsp3) is 0.476. The van der Waals surface area contributed by atoms with Gasteiger partial charge in [0, 0.05) is 17.5 Å². The van der Waals surface area contributed by atoms with Crippen molar-refractivity contribution in [1.29, 1.82) is 0 Å². The maximum absolute atomic E-state index is 13.2. The van der Waals surface area contributed by atoms with Crippen molar-refractivity contribution in [2.75, 3.05) is 16.4 Å². The molecule has 3 N–H and O–H groups in total. The van der Waals surface area contributed by atoms with Crippen molar-refractivity contribution in [1.82, 2.24) is 9.55 Å². The molecule has 30 heavy (non-hydrogen) atoms. The molecule has 1 fully saturated rings. The van der Waals surface area contributed by atoms with Crippen LogP contribution in [0.4, 0.5) is 15.9 Å². The van der Waals surface area contributed by atoms with E-state index in [4.69, 9.17) is 5.73 Å². The van der Waals surface area contributed by atoms with Crippen LogP contribution in [-0.4, -0.2) is 27.3 Å². The van der Waals surface area contributed by atoms with E-state index in [0.717, 1.165) is 43.4 Å². The van der Waals surface area contributed by atoms with Crippen LogP contribution < -0.4 is 21.9 Å². The highest BCUT2D eigenvalue weighted by Crippen LogP contribution is 2.30. The van der Waals surface area contributed by atoms with Gasteiger partial charge in [-0.3, -0.25) is 19.1 Å². The average molecular weight is 435 g/mol. The van der Waals surface area contributed by atoms with Crippen molar-refractivity contribution >= 4 is 29.2 Å². The Hall–Kier alpha value is -2.55. The maximum Gasteiger partial charge on any atom is 0.330 e. The van der Waals surface area contributed by atoms with Crippen LogP contribution in [0.1, 0.15) is 45.4 Å². The maximum atomic E-state index is 13.2. The lowest BCUT2D eigenvalue weighted by atomic mass is 10.2. The number of nitrogens with zero attached hydrogens (tertiary/aromatic N) is 2. The van der Waals surface area contributed by atoms with Gasteiger partial charge in [0.1, 0.15) is 11.6 Å². The van der Waals surface area contributed by atoms with E-state index in [1.165, 1.54) is 33.4 Å². The van der Waals surface area contributed by atoms with Crippen LogP contribution in [-0.2, 0) is 11.3 Å². The molecule has 0 saturated heterocycles. The number of nitrogen functional groups attached to an aromatic ring is 1. The Morgan fingerprint density at radius 2 is 1.93 bits per heavy atom. The number of carbonyl (C=O) groups excluding carboxylic acids is 1. The molecule has 1 aromatic carbocycles. The normalized spacial score (nSPS) is 14.2. The Bertz CT molecular complexity index is 997. The Labute approximate surface area is 178 Å². The average Bonchev–Trinajstić information content (AvgIpc) is 3.24. The highest BCUT2D eigenvalue weighted by atomic mass is 32.2. The van der Waals surface area contributed by atoms with E-state index in [1.54, 1.807) is 12.1 Å². The Kier molecular flexibility index (Phi) is 7.36. The van der Waals surface area contributed by atoms with E-state index >= 15 is 0 Å². The summed E-state index contributed by atoms with van der Waals surface area (Å²) in [4.78, 5) is 42.8. The first kappa shape index (κ1) is 22.1. The Balaban J connectivity index is 1.93. The van der Waals surface area contributed by atoms with Crippen molar-refractivity contribution in [3.8, 4) is 0 Å². The van der Waals surface area contributed by atoms with Crippen LogP contribution in [0.5, 0.6) is 0 Å². The third kappa shape index (κ3) is 4.95. The van der Waals surface area contributed by atoms with Crippen LogP contribution in [0.15, 0.2) is 38.8 Å². The standard InChI is InChI=1S/C21H27FN4O3S/c1-2-3-12-25-19(23)18(20(28)24-21(25)29)26(15-6-4-5-7-15)17(27)13-30-16-10-8-14(22)9-11-16/h8-11,15H,2-7,12-13,23H2,1H3,(H,24,28,29). The molecule has 1 saturated carbocycles. The minimum Gasteiger partial charge on any atom is -0.383 e. The number of hydrogen-bond donors (Lipinski definition) is 2. The number of nitrogens with two attached hydrogens (primary N) is 1. The van der Waals surface area contributed by atoms with Crippen molar-refractivity contribution in [3.63, 3.8) is 0 Å². The molecule has 162 valence electrons. The molecule has 1 aromatic heterocycles. The molecule has 9 heteroatoms. The summed E-state index contributed by atoms with van der Waals surface area (Å²) < 4.78 is 14.5. The van der Waals surface area contributed by atoms with Crippen molar-refractivity contribution in [3.05, 3.63) is 50.9 Å². The summed E-state index contributed by atoms with van der Waals surface area (Å²) in [5.74, 6) is -0.486. The SMILES string of the molecule is CCCCn1c(N)c(N(C(=O)CSc2ccc(F)cc2)C2CCCC2)c(=O)[nH]c1=O. The van der Waals surface area contributed by atoms with Gasteiger partial charge in [-0.2, -0.15) is 0 Å². The van der Waals surface area contributed by atoms with Crippen molar-refractivity contribution in [2.45, 2.75) is 62.9 Å². The van der Waals surface area contributed by atoms with Gasteiger partial charge >= 0.3 is 5.69 Å². The molecule has 0 atom stereocenters. The number of amides is 1. The van der Waals surface area contributed by atoms with Gasteiger partial charge in [0.05, 0.1) is 5.75 Å². The van der Waals surface area contributed by atoms with Crippen LogP contribution in [0, 0.1) is 5.82 Å². The van der Waals surface area contributed by atoms with Crippen LogP contribution >= 0.6 is 11.8 Å². The molecule has 0 bridgehead atoms. The molecule has 2 aromatic rings. The van der Waals surface area contributed by atoms with Crippen LogP contribution in [0.25, 0.3) is 0 Å². The minimum absolute atomic E-state index is 0.0317. The van der Waals surface area contributed by atoms with E-state index in [1.807, 2.05) is 6.92 Å². The van der Waals surface area contributed by atoms with Gasteiger partial charge in [-0.15, -0.1) is 11.8 Å². The number of carbonyl (C=O) groups is 1. The van der Waals surface area contributed by atoms with Gasteiger partial charge in [0.25, 0.3) is 5.56 Å². The van der Waals surface area contributed by atoms with Gasteiger partial charge in [-0.1, -0.05) is 26.2 Å². The highest BCUT2D eigenvalue weighted by Gasteiger charge is 2.32. The molecule has 3 rings (SSSR count). The largest absolute Gasteiger partial charge is 0.383 e. The molecule has 0 spiro atoms. The third-order valence-corrected chi connectivity index (χ3v) is 6.32. The number of aromatic amines is 1. The van der Waals surface area contributed by atoms with Crippen LogP contribution in [0.3, 0.4) is 0 Å². The number of unbranched alkanes of at least 4 members (excludes halogenated alkanes) is 1. The Morgan fingerprint density at radius 3 is 2.57 bits per heavy atom. The Morgan fingerprint density at radius 1 is 1.27 bits per heavy atom. The van der Waals surface area contributed by atoms with Gasteiger partial charge in [-0.25, -0.2) is 9.18 Å². The number of aromatic nitrogens is 2. The summed E-state index contributed by atoms with van der Waals surface area (Å²) in [5.41, 5.74) is 5.11. The highest BCUT2D eigenvalue weighted by molar-refractivity contribution is 8.00. The monoisotopic (exact) mass is 434 g/mol. The first-order chi connectivity index (χ1) is 14.4. The molecular weight excluding hydrogens is 407 g/mol. The summed E-state index contributed by atoms with van der Waals surface area (Å²) in [6, 6.07) is 5.77. The fourth-order valence-corrected chi connectivity index (χ4v) is 4.52. The van der Waals surface area contributed by atoms with E-state index < -0.39 is 11.2 Å². The number of H-pyrrole nitrogens is 1. The summed E-state index contributed by atoms with van der Waals surface area (Å²) in [5, 5.41) is 0. The summed E-state index contributed by atoms with van der Waals surface area (Å²) >= 11 is 1.27. The number of benzene rings is 1. The second-order valence-corrected chi connectivity index (χ2v) is 8.49. The quantitative estimate of drug-likeness (QED) is 0.622. The molecule has 0 aliphatic heterocycles. The van der Waals surface area contributed by atoms with E-state index in [2.05, 4.69) is 4.98 Å². The molecule has 7 nitrogen and oxygen atoms in total. The van der Waals surface area contributed by atoms with E-state index in [-0.39, 0.29) is 35.0 Å². The zero-order valence-corrected chi connectivity index (χ0v) is 17.8. The zero-order valence-electron chi connectivity index (χ0n) is 17.0. The van der Waals surface area contributed by atoms with Gasteiger partial charge < -0.3 is 10.6 Å². The smallest absolute Gasteiger partial charge is 0.330 e. The second kappa shape index (κ2) is 9.97. The van der Waals surface area contributed by atoms with Gasteiger partial charge in [0.15, 0.2) is 5.69 Å². The lowest BCUT2D eigenvalue weighted by Gasteiger charge is -2.30. The first-order valence-electron chi connectivity index (χ1n) is 10.3. The second-order valence-electron chi connectivity index (χ2n) is 7.44. The topological polar surface area (TPSA) is 101 Å². The third-order valence-electron chi connectivity index (χ3n) is 5.32. The molecule has 1 aliphatic rings. The molecule has 0 unspecified atom stereocenters. The summed E-state index contributed by atoms with van der Waals surface area (Å²) in [7, 11) is 0. The van der Waals surface area contributed by atoms with Gasteiger partial charge in [0.2, 0.25) is 5.91 Å². The van der Waals surface area contributed by atoms with Gasteiger partial charge in [-0.05, 0) is 43.5 Å². The molecule has 1 amide bonds. The number of anilines is 2. The van der Waals surface area contributed by atoms with Crippen molar-refractivity contribution < 1.29 is 9.18 Å². The van der Waals surface area contributed by atoms with Crippen molar-refractivity contribution in [2.24, 2.45) is 0 Å². The summed E-state index contributed by atoms with van der Waals surface area (Å²) in [6.45, 7) is 2.37. The predicted molar refractivity (Wildman–Crippen MR) is 118 cm³/mol. The fourth-order valence-electron chi connectivity index (χ4n) is 3.77. The number of rotatable bonds is 8. The van der Waals surface area contributed by atoms with E-state index in [0.29, 0.717) is 6.54 Å². The molecule has 1 heterocycles. The number of nitrogens with one attached hydrogen (secondary N) is 1. The summed E-state index contributed by atoms with van der Waals surface area (Å²) in [6.07, 6.45) is 5.08. The zero-order chi connectivity index (χ0) is 21.7. The number of hydrogen-bond acceptors (Lipinski definition) is 5. The lowest BCUT2D eigenvalue weighted by Crippen LogP contribution is -2.46.